The van der Waals surface area contributed by atoms with Gasteiger partial charge in [0.05, 0.1) is 13.7 Å². The lowest BCUT2D eigenvalue weighted by Crippen LogP contribution is -2.05. The van der Waals surface area contributed by atoms with E-state index in [0.717, 1.165) is 27.2 Å². The Labute approximate surface area is 128 Å². The van der Waals surface area contributed by atoms with Crippen LogP contribution in [0.25, 0.3) is 0 Å². The van der Waals surface area contributed by atoms with E-state index < -0.39 is 0 Å². The Morgan fingerprint density at radius 3 is 2.55 bits per heavy atom. The number of hydrogen-bond donors (Lipinski definition) is 1. The molecule has 0 aliphatic carbocycles. The van der Waals surface area contributed by atoms with Crippen molar-refractivity contribution in [3.63, 3.8) is 0 Å². The van der Waals surface area contributed by atoms with E-state index in [1.165, 1.54) is 0 Å². The molecular formula is C16H18BrNO2. The molecule has 3 nitrogen and oxygen atoms in total. The van der Waals surface area contributed by atoms with Crippen LogP contribution in [-0.4, -0.2) is 13.7 Å². The largest absolute Gasteiger partial charge is 0.493 e. The number of nitrogens with one attached hydrogen (secondary N) is 1. The topological polar surface area (TPSA) is 30.5 Å². The van der Waals surface area contributed by atoms with Crippen LogP contribution >= 0.6 is 15.9 Å². The quantitative estimate of drug-likeness (QED) is 0.844. The SMILES string of the molecule is CCOc1c(CNc2ccccc2)cc(Br)cc1OC. The summed E-state index contributed by atoms with van der Waals surface area (Å²) in [6, 6.07) is 14.0. The Hall–Kier alpha value is -1.68. The molecule has 0 amide bonds. The molecule has 0 saturated carbocycles. The van der Waals surface area contributed by atoms with Crippen molar-refractivity contribution in [2.24, 2.45) is 0 Å². The summed E-state index contributed by atoms with van der Waals surface area (Å²) < 4.78 is 12.1. The normalized spacial score (nSPS) is 10.2. The minimum Gasteiger partial charge on any atom is -0.493 e. The van der Waals surface area contributed by atoms with Crippen LogP contribution in [0.5, 0.6) is 11.5 Å². The first kappa shape index (κ1) is 14.7. The van der Waals surface area contributed by atoms with E-state index >= 15 is 0 Å². The average Bonchev–Trinajstić information content (AvgIpc) is 2.48. The molecule has 106 valence electrons. The second-order valence-electron chi connectivity index (χ2n) is 4.25. The van der Waals surface area contributed by atoms with E-state index in [0.29, 0.717) is 13.2 Å². The fourth-order valence-corrected chi connectivity index (χ4v) is 2.45. The summed E-state index contributed by atoms with van der Waals surface area (Å²) in [5, 5.41) is 3.38. The van der Waals surface area contributed by atoms with E-state index in [-0.39, 0.29) is 0 Å². The number of benzene rings is 2. The number of para-hydroxylation sites is 1. The van der Waals surface area contributed by atoms with E-state index in [4.69, 9.17) is 9.47 Å². The smallest absolute Gasteiger partial charge is 0.166 e. The molecule has 2 aromatic rings. The molecule has 1 N–H and O–H groups in total. The van der Waals surface area contributed by atoms with Crippen LogP contribution in [0.3, 0.4) is 0 Å². The van der Waals surface area contributed by atoms with Crippen molar-refractivity contribution in [3.05, 3.63) is 52.5 Å². The third-order valence-corrected chi connectivity index (χ3v) is 3.32. The summed E-state index contributed by atoms with van der Waals surface area (Å²) in [5.74, 6) is 1.53. The maximum absolute atomic E-state index is 5.72. The molecule has 0 saturated heterocycles. The number of methoxy groups -OCH3 is 1. The van der Waals surface area contributed by atoms with Gasteiger partial charge in [-0.3, -0.25) is 0 Å². The highest BCUT2D eigenvalue weighted by molar-refractivity contribution is 9.10. The van der Waals surface area contributed by atoms with Gasteiger partial charge < -0.3 is 14.8 Å². The molecule has 2 aromatic carbocycles. The maximum Gasteiger partial charge on any atom is 0.166 e. The van der Waals surface area contributed by atoms with Crippen LogP contribution in [0.15, 0.2) is 46.9 Å². The summed E-state index contributed by atoms with van der Waals surface area (Å²) >= 11 is 3.50. The summed E-state index contributed by atoms with van der Waals surface area (Å²) in [7, 11) is 1.65. The van der Waals surface area contributed by atoms with Gasteiger partial charge in [0, 0.05) is 22.3 Å². The van der Waals surface area contributed by atoms with E-state index in [2.05, 4.69) is 21.2 Å². The zero-order valence-electron chi connectivity index (χ0n) is 11.7. The Balaban J connectivity index is 2.23. The molecule has 0 bridgehead atoms. The Morgan fingerprint density at radius 2 is 1.90 bits per heavy atom. The number of hydrogen-bond acceptors (Lipinski definition) is 3. The molecular weight excluding hydrogens is 318 g/mol. The zero-order valence-corrected chi connectivity index (χ0v) is 13.2. The molecule has 0 spiro atoms. The van der Waals surface area contributed by atoms with Gasteiger partial charge in [-0.2, -0.15) is 0 Å². The molecule has 0 aromatic heterocycles. The van der Waals surface area contributed by atoms with E-state index in [1.54, 1.807) is 7.11 Å². The second kappa shape index (κ2) is 7.20. The highest BCUT2D eigenvalue weighted by atomic mass is 79.9. The molecule has 0 aliphatic heterocycles. The van der Waals surface area contributed by atoms with Crippen molar-refractivity contribution in [2.45, 2.75) is 13.5 Å². The Morgan fingerprint density at radius 1 is 1.15 bits per heavy atom. The first-order valence-corrected chi connectivity index (χ1v) is 7.32. The van der Waals surface area contributed by atoms with Crippen molar-refractivity contribution in [3.8, 4) is 11.5 Å². The first-order chi connectivity index (χ1) is 9.74. The van der Waals surface area contributed by atoms with Gasteiger partial charge in [0.25, 0.3) is 0 Å². The maximum atomic E-state index is 5.72. The van der Waals surface area contributed by atoms with Gasteiger partial charge in [-0.1, -0.05) is 34.1 Å². The minimum absolute atomic E-state index is 0.607. The third-order valence-electron chi connectivity index (χ3n) is 2.86. The van der Waals surface area contributed by atoms with Crippen LogP contribution in [0, 0.1) is 0 Å². The number of anilines is 1. The van der Waals surface area contributed by atoms with Gasteiger partial charge in [-0.05, 0) is 31.2 Å². The second-order valence-corrected chi connectivity index (χ2v) is 5.16. The van der Waals surface area contributed by atoms with Crippen molar-refractivity contribution in [1.82, 2.24) is 0 Å². The van der Waals surface area contributed by atoms with Crippen LogP contribution in [0.1, 0.15) is 12.5 Å². The molecule has 0 fully saturated rings. The van der Waals surface area contributed by atoms with Crippen molar-refractivity contribution >= 4 is 21.6 Å². The first-order valence-electron chi connectivity index (χ1n) is 6.52. The van der Waals surface area contributed by atoms with Gasteiger partial charge in [-0.25, -0.2) is 0 Å². The van der Waals surface area contributed by atoms with Crippen LogP contribution in [-0.2, 0) is 6.54 Å². The summed E-state index contributed by atoms with van der Waals surface area (Å²) in [6.45, 7) is 3.25. The summed E-state index contributed by atoms with van der Waals surface area (Å²) in [6.07, 6.45) is 0. The molecule has 20 heavy (non-hydrogen) atoms. The third kappa shape index (κ3) is 3.67. The molecule has 0 unspecified atom stereocenters. The Kier molecular flexibility index (Phi) is 5.30. The molecule has 0 radical (unpaired) electrons. The van der Waals surface area contributed by atoms with Crippen LogP contribution in [0.4, 0.5) is 5.69 Å². The predicted octanol–water partition coefficient (Wildman–Crippen LogP) is 4.47. The molecule has 0 atom stereocenters. The van der Waals surface area contributed by atoms with Crippen LogP contribution in [0.2, 0.25) is 0 Å². The van der Waals surface area contributed by atoms with E-state index in [1.807, 2.05) is 49.4 Å². The highest BCUT2D eigenvalue weighted by Crippen LogP contribution is 2.35. The van der Waals surface area contributed by atoms with Crippen LogP contribution < -0.4 is 14.8 Å². The monoisotopic (exact) mass is 335 g/mol. The average molecular weight is 336 g/mol. The van der Waals surface area contributed by atoms with Gasteiger partial charge in [0.15, 0.2) is 11.5 Å². The molecule has 0 aliphatic rings. The minimum atomic E-state index is 0.607. The van der Waals surface area contributed by atoms with Crippen molar-refractivity contribution < 1.29 is 9.47 Å². The lowest BCUT2D eigenvalue weighted by atomic mass is 10.1. The lowest BCUT2D eigenvalue weighted by Gasteiger charge is -2.16. The van der Waals surface area contributed by atoms with Gasteiger partial charge in [-0.15, -0.1) is 0 Å². The van der Waals surface area contributed by atoms with Gasteiger partial charge >= 0.3 is 0 Å². The predicted molar refractivity (Wildman–Crippen MR) is 85.6 cm³/mol. The number of ether oxygens (including phenoxy) is 2. The number of rotatable bonds is 6. The van der Waals surface area contributed by atoms with Gasteiger partial charge in [0.2, 0.25) is 0 Å². The highest BCUT2D eigenvalue weighted by Gasteiger charge is 2.12. The standard InChI is InChI=1S/C16H18BrNO2/c1-3-20-16-12(9-13(17)10-15(16)19-2)11-18-14-7-5-4-6-8-14/h4-10,18H,3,11H2,1-2H3. The van der Waals surface area contributed by atoms with Gasteiger partial charge in [0.1, 0.15) is 0 Å². The Bertz CT molecular complexity index is 558. The fraction of sp³-hybridized carbons (Fsp3) is 0.250. The van der Waals surface area contributed by atoms with Crippen molar-refractivity contribution in [2.75, 3.05) is 19.0 Å². The molecule has 4 heteroatoms. The molecule has 2 rings (SSSR count). The zero-order chi connectivity index (χ0) is 14.4. The number of halogens is 1. The van der Waals surface area contributed by atoms with E-state index in [9.17, 15) is 0 Å². The summed E-state index contributed by atoms with van der Waals surface area (Å²) in [5.41, 5.74) is 2.14. The fourth-order valence-electron chi connectivity index (χ4n) is 1.97. The summed E-state index contributed by atoms with van der Waals surface area (Å²) in [4.78, 5) is 0. The molecule has 0 heterocycles. The lowest BCUT2D eigenvalue weighted by molar-refractivity contribution is 0.308. The van der Waals surface area contributed by atoms with Crippen molar-refractivity contribution in [1.29, 1.82) is 0 Å².